The molecule has 17 heavy (non-hydrogen) atoms. The van der Waals surface area contributed by atoms with E-state index >= 15 is 0 Å². The summed E-state index contributed by atoms with van der Waals surface area (Å²) in [7, 11) is 0. The van der Waals surface area contributed by atoms with Gasteiger partial charge in [0.15, 0.2) is 5.82 Å². The van der Waals surface area contributed by atoms with E-state index in [1.807, 2.05) is 5.38 Å². The van der Waals surface area contributed by atoms with Gasteiger partial charge in [0.1, 0.15) is 10.7 Å². The summed E-state index contributed by atoms with van der Waals surface area (Å²) in [5.74, 6) is 1.42. The quantitative estimate of drug-likeness (QED) is 0.881. The number of hydrogen-bond donors (Lipinski definition) is 1. The standard InChI is InChI=1S/C10H12N4O2S/c11-3-8-12-7(5-17-8)10-13-9(14-16-10)6-1-2-15-4-6/h5-6H,1-4,11H2. The maximum atomic E-state index is 5.51. The molecule has 0 amide bonds. The fourth-order valence-electron chi connectivity index (χ4n) is 1.75. The molecule has 3 heterocycles. The lowest BCUT2D eigenvalue weighted by Crippen LogP contribution is -1.99. The predicted octanol–water partition coefficient (Wildman–Crippen LogP) is 1.16. The van der Waals surface area contributed by atoms with Crippen molar-refractivity contribution < 1.29 is 9.26 Å². The van der Waals surface area contributed by atoms with Crippen LogP contribution in [0.2, 0.25) is 0 Å². The van der Waals surface area contributed by atoms with Crippen molar-refractivity contribution in [2.45, 2.75) is 18.9 Å². The highest BCUT2D eigenvalue weighted by Gasteiger charge is 2.23. The fourth-order valence-corrected chi connectivity index (χ4v) is 2.39. The van der Waals surface area contributed by atoms with Crippen LogP contribution in [-0.4, -0.2) is 28.3 Å². The van der Waals surface area contributed by atoms with Gasteiger partial charge in [-0.15, -0.1) is 11.3 Å². The summed E-state index contributed by atoms with van der Waals surface area (Å²) in [5.41, 5.74) is 6.21. The molecule has 1 unspecified atom stereocenters. The van der Waals surface area contributed by atoms with Crippen molar-refractivity contribution >= 4 is 11.3 Å². The lowest BCUT2D eigenvalue weighted by atomic mass is 10.1. The van der Waals surface area contributed by atoms with Crippen LogP contribution in [0.1, 0.15) is 23.2 Å². The van der Waals surface area contributed by atoms with Gasteiger partial charge in [-0.25, -0.2) is 4.98 Å². The van der Waals surface area contributed by atoms with Crippen molar-refractivity contribution in [1.29, 1.82) is 0 Å². The average Bonchev–Trinajstić information content (AvgIpc) is 3.09. The van der Waals surface area contributed by atoms with Gasteiger partial charge in [0, 0.05) is 24.4 Å². The zero-order chi connectivity index (χ0) is 11.7. The minimum absolute atomic E-state index is 0.250. The third kappa shape index (κ3) is 2.08. The Morgan fingerprint density at radius 1 is 1.47 bits per heavy atom. The Kier molecular flexibility index (Phi) is 2.87. The van der Waals surface area contributed by atoms with Gasteiger partial charge < -0.3 is 15.0 Å². The molecule has 1 fully saturated rings. The largest absolute Gasteiger partial charge is 0.381 e. The molecule has 7 heteroatoms. The zero-order valence-corrected chi connectivity index (χ0v) is 9.94. The number of aromatic nitrogens is 3. The summed E-state index contributed by atoms with van der Waals surface area (Å²) >= 11 is 1.50. The minimum Gasteiger partial charge on any atom is -0.381 e. The molecule has 2 aromatic heterocycles. The van der Waals surface area contributed by atoms with E-state index in [4.69, 9.17) is 15.0 Å². The smallest absolute Gasteiger partial charge is 0.277 e. The summed E-state index contributed by atoms with van der Waals surface area (Å²) in [6.07, 6.45) is 0.949. The molecule has 1 aliphatic rings. The Hall–Kier alpha value is -1.31. The van der Waals surface area contributed by atoms with Crippen LogP contribution in [0.3, 0.4) is 0 Å². The Balaban J connectivity index is 1.83. The highest BCUT2D eigenvalue weighted by atomic mass is 32.1. The van der Waals surface area contributed by atoms with E-state index in [0.717, 1.165) is 18.0 Å². The molecule has 0 saturated carbocycles. The second kappa shape index (κ2) is 4.52. The van der Waals surface area contributed by atoms with E-state index in [-0.39, 0.29) is 5.92 Å². The third-order valence-electron chi connectivity index (χ3n) is 2.68. The summed E-state index contributed by atoms with van der Waals surface area (Å²) in [5, 5.41) is 6.72. The first-order chi connectivity index (χ1) is 8.36. The van der Waals surface area contributed by atoms with Gasteiger partial charge in [-0.3, -0.25) is 0 Å². The van der Waals surface area contributed by atoms with Gasteiger partial charge in [0.2, 0.25) is 0 Å². The molecular formula is C10H12N4O2S. The molecule has 0 spiro atoms. The van der Waals surface area contributed by atoms with Gasteiger partial charge in [0.25, 0.3) is 5.89 Å². The fraction of sp³-hybridized carbons (Fsp3) is 0.500. The second-order valence-electron chi connectivity index (χ2n) is 3.85. The maximum Gasteiger partial charge on any atom is 0.277 e. The van der Waals surface area contributed by atoms with E-state index < -0.39 is 0 Å². The average molecular weight is 252 g/mol. The number of hydrogen-bond acceptors (Lipinski definition) is 7. The van der Waals surface area contributed by atoms with Gasteiger partial charge >= 0.3 is 0 Å². The topological polar surface area (TPSA) is 87.1 Å². The molecule has 1 aliphatic heterocycles. The monoisotopic (exact) mass is 252 g/mol. The number of thiazole rings is 1. The second-order valence-corrected chi connectivity index (χ2v) is 4.79. The minimum atomic E-state index is 0.250. The van der Waals surface area contributed by atoms with Crippen LogP contribution < -0.4 is 5.73 Å². The van der Waals surface area contributed by atoms with Crippen molar-refractivity contribution in [2.24, 2.45) is 5.73 Å². The van der Waals surface area contributed by atoms with Crippen molar-refractivity contribution in [3.05, 3.63) is 16.2 Å². The highest BCUT2D eigenvalue weighted by molar-refractivity contribution is 7.09. The summed E-state index contributed by atoms with van der Waals surface area (Å²) in [6.45, 7) is 1.87. The highest BCUT2D eigenvalue weighted by Crippen LogP contribution is 2.26. The normalized spacial score (nSPS) is 19.9. The molecule has 3 rings (SSSR count). The first kappa shape index (κ1) is 10.8. The van der Waals surface area contributed by atoms with E-state index in [2.05, 4.69) is 15.1 Å². The molecule has 0 aromatic carbocycles. The molecule has 1 saturated heterocycles. The molecule has 0 bridgehead atoms. The van der Waals surface area contributed by atoms with Gasteiger partial charge in [-0.1, -0.05) is 5.16 Å². The predicted molar refractivity (Wildman–Crippen MR) is 61.5 cm³/mol. The number of rotatable bonds is 3. The third-order valence-corrected chi connectivity index (χ3v) is 3.55. The van der Waals surface area contributed by atoms with Crippen molar-refractivity contribution in [2.75, 3.05) is 13.2 Å². The number of ether oxygens (including phenoxy) is 1. The Morgan fingerprint density at radius 2 is 2.41 bits per heavy atom. The molecule has 1 atom stereocenters. The van der Waals surface area contributed by atoms with E-state index in [1.54, 1.807) is 0 Å². The Labute approximate surface area is 102 Å². The van der Waals surface area contributed by atoms with Crippen LogP contribution in [0.25, 0.3) is 11.6 Å². The van der Waals surface area contributed by atoms with Crippen LogP contribution in [0.4, 0.5) is 0 Å². The molecule has 90 valence electrons. The first-order valence-corrected chi connectivity index (χ1v) is 6.31. The van der Waals surface area contributed by atoms with E-state index in [1.165, 1.54) is 11.3 Å². The van der Waals surface area contributed by atoms with E-state index in [0.29, 0.717) is 30.6 Å². The number of nitrogens with two attached hydrogens (primary N) is 1. The van der Waals surface area contributed by atoms with Crippen molar-refractivity contribution in [1.82, 2.24) is 15.1 Å². The SMILES string of the molecule is NCc1nc(-c2nc(C3CCOC3)no2)cs1. The van der Waals surface area contributed by atoms with Crippen molar-refractivity contribution in [3.63, 3.8) is 0 Å². The molecule has 2 aromatic rings. The summed E-state index contributed by atoms with van der Waals surface area (Å²) in [6, 6.07) is 0. The van der Waals surface area contributed by atoms with E-state index in [9.17, 15) is 0 Å². The Morgan fingerprint density at radius 3 is 3.12 bits per heavy atom. The van der Waals surface area contributed by atoms with Crippen LogP contribution >= 0.6 is 11.3 Å². The van der Waals surface area contributed by atoms with Crippen LogP contribution in [-0.2, 0) is 11.3 Å². The molecule has 0 aliphatic carbocycles. The molecular weight excluding hydrogens is 240 g/mol. The molecule has 6 nitrogen and oxygen atoms in total. The summed E-state index contributed by atoms with van der Waals surface area (Å²) < 4.78 is 10.5. The zero-order valence-electron chi connectivity index (χ0n) is 9.13. The maximum absolute atomic E-state index is 5.51. The van der Waals surface area contributed by atoms with Crippen LogP contribution in [0, 0.1) is 0 Å². The van der Waals surface area contributed by atoms with Crippen molar-refractivity contribution in [3.8, 4) is 11.6 Å². The first-order valence-electron chi connectivity index (χ1n) is 5.43. The van der Waals surface area contributed by atoms with Crippen LogP contribution in [0.15, 0.2) is 9.90 Å². The Bertz CT molecular complexity index is 504. The van der Waals surface area contributed by atoms with Gasteiger partial charge in [-0.05, 0) is 6.42 Å². The molecule has 2 N–H and O–H groups in total. The molecule has 0 radical (unpaired) electrons. The van der Waals surface area contributed by atoms with Gasteiger partial charge in [0.05, 0.1) is 6.61 Å². The van der Waals surface area contributed by atoms with Crippen LogP contribution in [0.5, 0.6) is 0 Å². The lowest BCUT2D eigenvalue weighted by Gasteiger charge is -1.97. The number of nitrogens with zero attached hydrogens (tertiary/aromatic N) is 3. The van der Waals surface area contributed by atoms with Gasteiger partial charge in [-0.2, -0.15) is 4.98 Å². The lowest BCUT2D eigenvalue weighted by molar-refractivity contribution is 0.192. The summed E-state index contributed by atoms with van der Waals surface area (Å²) in [4.78, 5) is 8.66.